The Kier molecular flexibility index (Phi) is 3.22. The molecule has 0 saturated carbocycles. The summed E-state index contributed by atoms with van der Waals surface area (Å²) in [6.07, 6.45) is 0.472. The lowest BCUT2D eigenvalue weighted by molar-refractivity contribution is 0.0896. The molecule has 2 heterocycles. The molecule has 0 fully saturated rings. The Labute approximate surface area is 104 Å². The lowest BCUT2D eigenvalue weighted by Gasteiger charge is -2.35. The van der Waals surface area contributed by atoms with Crippen molar-refractivity contribution in [2.24, 2.45) is 11.7 Å². The van der Waals surface area contributed by atoms with E-state index in [0.29, 0.717) is 13.0 Å². The number of aromatic amines is 1. The van der Waals surface area contributed by atoms with Gasteiger partial charge in [0.15, 0.2) is 0 Å². The summed E-state index contributed by atoms with van der Waals surface area (Å²) in [6.45, 7) is 4.45. The number of H-pyrrole nitrogens is 1. The maximum Gasteiger partial charge on any atom is 0.419 e. The topological polar surface area (TPSA) is 101 Å². The molecule has 18 heavy (non-hydrogen) atoms. The number of imidazole rings is 1. The van der Waals surface area contributed by atoms with Crippen molar-refractivity contribution >= 4 is 12.2 Å². The van der Waals surface area contributed by atoms with Crippen LogP contribution in [0.25, 0.3) is 0 Å². The van der Waals surface area contributed by atoms with E-state index in [2.05, 4.69) is 14.7 Å². The number of hydrogen-bond acceptors (Lipinski definition) is 4. The van der Waals surface area contributed by atoms with E-state index in [1.54, 1.807) is 6.33 Å². The van der Waals surface area contributed by atoms with Crippen LogP contribution in [0, 0.1) is 5.92 Å². The second kappa shape index (κ2) is 4.67. The SMILES string of the molecule is CC(C)C1c2nc[nH]c2CCN1C(=O)OC(N)=O. The molecule has 0 bridgehead atoms. The monoisotopic (exact) mass is 252 g/mol. The number of fused-ring (bicyclic) bond motifs is 1. The van der Waals surface area contributed by atoms with E-state index >= 15 is 0 Å². The Morgan fingerprint density at radius 3 is 2.94 bits per heavy atom. The number of nitrogens with one attached hydrogen (secondary N) is 1. The van der Waals surface area contributed by atoms with Crippen LogP contribution in [0.4, 0.5) is 9.59 Å². The van der Waals surface area contributed by atoms with Gasteiger partial charge in [-0.2, -0.15) is 0 Å². The molecule has 0 spiro atoms. The van der Waals surface area contributed by atoms with E-state index in [4.69, 9.17) is 5.73 Å². The van der Waals surface area contributed by atoms with E-state index in [9.17, 15) is 9.59 Å². The zero-order valence-corrected chi connectivity index (χ0v) is 10.3. The Bertz CT molecular complexity index is 469. The van der Waals surface area contributed by atoms with E-state index in [1.165, 1.54) is 4.90 Å². The molecule has 1 unspecified atom stereocenters. The molecule has 1 atom stereocenters. The van der Waals surface area contributed by atoms with Crippen LogP contribution >= 0.6 is 0 Å². The third-order valence-corrected chi connectivity index (χ3v) is 3.02. The van der Waals surface area contributed by atoms with Crippen LogP contribution in [0.3, 0.4) is 0 Å². The van der Waals surface area contributed by atoms with Crippen LogP contribution in [-0.2, 0) is 11.2 Å². The second-order valence-corrected chi connectivity index (χ2v) is 4.59. The highest BCUT2D eigenvalue weighted by atomic mass is 16.6. The smallest absolute Gasteiger partial charge is 0.359 e. The Balaban J connectivity index is 2.27. The van der Waals surface area contributed by atoms with Gasteiger partial charge >= 0.3 is 12.2 Å². The van der Waals surface area contributed by atoms with E-state index in [-0.39, 0.29) is 12.0 Å². The molecule has 0 saturated heterocycles. The summed E-state index contributed by atoms with van der Waals surface area (Å²) >= 11 is 0. The fourth-order valence-electron chi connectivity index (χ4n) is 2.33. The molecular weight excluding hydrogens is 236 g/mol. The number of carbonyl (C=O) groups excluding carboxylic acids is 2. The fraction of sp³-hybridized carbons (Fsp3) is 0.545. The van der Waals surface area contributed by atoms with Crippen molar-refractivity contribution in [3.63, 3.8) is 0 Å². The molecule has 7 nitrogen and oxygen atoms in total. The highest BCUT2D eigenvalue weighted by Crippen LogP contribution is 2.33. The minimum absolute atomic E-state index is 0.160. The van der Waals surface area contributed by atoms with Crippen molar-refractivity contribution in [1.82, 2.24) is 14.9 Å². The van der Waals surface area contributed by atoms with Gasteiger partial charge in [0, 0.05) is 18.7 Å². The van der Waals surface area contributed by atoms with Gasteiger partial charge in [-0.25, -0.2) is 14.6 Å². The number of aromatic nitrogens is 2. The van der Waals surface area contributed by atoms with Gasteiger partial charge in [0.1, 0.15) is 0 Å². The Morgan fingerprint density at radius 2 is 2.33 bits per heavy atom. The lowest BCUT2D eigenvalue weighted by atomic mass is 9.94. The summed E-state index contributed by atoms with van der Waals surface area (Å²) in [7, 11) is 0. The summed E-state index contributed by atoms with van der Waals surface area (Å²) in [4.78, 5) is 31.3. The number of hydrogen-bond donors (Lipinski definition) is 2. The molecule has 1 aromatic rings. The molecule has 98 valence electrons. The standard InChI is InChI=1S/C11H16N4O3/c1-6(2)9-8-7(13-5-14-8)3-4-15(9)11(17)18-10(12)16/h5-6,9H,3-4H2,1-2H3,(H2,12,16)(H,13,14). The molecule has 2 rings (SSSR count). The minimum atomic E-state index is -1.09. The first kappa shape index (κ1) is 12.4. The quantitative estimate of drug-likeness (QED) is 0.732. The molecule has 1 aliphatic rings. The van der Waals surface area contributed by atoms with E-state index < -0.39 is 12.2 Å². The molecule has 7 heteroatoms. The first-order valence-electron chi connectivity index (χ1n) is 5.80. The molecule has 2 amide bonds. The fourth-order valence-corrected chi connectivity index (χ4v) is 2.33. The van der Waals surface area contributed by atoms with Gasteiger partial charge < -0.3 is 15.5 Å². The first-order valence-corrected chi connectivity index (χ1v) is 5.80. The highest BCUT2D eigenvalue weighted by Gasteiger charge is 2.36. The zero-order valence-electron chi connectivity index (χ0n) is 10.3. The predicted octanol–water partition coefficient (Wildman–Crippen LogP) is 1.18. The molecule has 1 aromatic heterocycles. The normalized spacial score (nSPS) is 18.6. The van der Waals surface area contributed by atoms with Gasteiger partial charge in [-0.1, -0.05) is 13.8 Å². The summed E-state index contributed by atoms with van der Waals surface area (Å²) in [6, 6.07) is -0.202. The largest absolute Gasteiger partial charge is 0.419 e. The number of amides is 2. The maximum absolute atomic E-state index is 11.8. The summed E-state index contributed by atoms with van der Waals surface area (Å²) in [5, 5.41) is 0. The predicted molar refractivity (Wildman–Crippen MR) is 62.6 cm³/mol. The average molecular weight is 252 g/mol. The van der Waals surface area contributed by atoms with Crippen molar-refractivity contribution in [1.29, 1.82) is 0 Å². The van der Waals surface area contributed by atoms with Gasteiger partial charge in [-0.05, 0) is 5.92 Å². The van der Waals surface area contributed by atoms with Gasteiger partial charge in [-0.15, -0.1) is 0 Å². The summed E-state index contributed by atoms with van der Waals surface area (Å²) < 4.78 is 4.45. The van der Waals surface area contributed by atoms with Crippen molar-refractivity contribution < 1.29 is 14.3 Å². The summed E-state index contributed by atoms with van der Waals surface area (Å²) in [5.74, 6) is 0.160. The van der Waals surface area contributed by atoms with Crippen LogP contribution in [0.1, 0.15) is 31.3 Å². The van der Waals surface area contributed by atoms with Crippen LogP contribution in [-0.4, -0.2) is 33.6 Å². The van der Waals surface area contributed by atoms with Crippen LogP contribution in [0.2, 0.25) is 0 Å². The summed E-state index contributed by atoms with van der Waals surface area (Å²) in [5.41, 5.74) is 6.72. The zero-order chi connectivity index (χ0) is 13.3. The third kappa shape index (κ3) is 2.15. The van der Waals surface area contributed by atoms with Gasteiger partial charge in [0.05, 0.1) is 18.1 Å². The lowest BCUT2D eigenvalue weighted by Crippen LogP contribution is -2.43. The molecule has 3 N–H and O–H groups in total. The average Bonchev–Trinajstić information content (AvgIpc) is 2.73. The highest BCUT2D eigenvalue weighted by molar-refractivity contribution is 5.83. The van der Waals surface area contributed by atoms with Gasteiger partial charge in [-0.3, -0.25) is 4.90 Å². The minimum Gasteiger partial charge on any atom is -0.359 e. The number of nitrogens with two attached hydrogens (primary N) is 1. The van der Waals surface area contributed by atoms with Crippen molar-refractivity contribution in [3.8, 4) is 0 Å². The number of nitrogens with zero attached hydrogens (tertiary/aromatic N) is 2. The second-order valence-electron chi connectivity index (χ2n) is 4.59. The first-order chi connectivity index (χ1) is 8.50. The van der Waals surface area contributed by atoms with Crippen LogP contribution < -0.4 is 5.73 Å². The molecule has 0 radical (unpaired) electrons. The number of carbonyl (C=O) groups is 2. The van der Waals surface area contributed by atoms with Crippen molar-refractivity contribution in [3.05, 3.63) is 17.7 Å². The number of ether oxygens (including phenoxy) is 1. The van der Waals surface area contributed by atoms with Crippen molar-refractivity contribution in [2.75, 3.05) is 6.54 Å². The number of primary amides is 1. The molecule has 1 aliphatic heterocycles. The van der Waals surface area contributed by atoms with Gasteiger partial charge in [0.25, 0.3) is 0 Å². The van der Waals surface area contributed by atoms with Gasteiger partial charge in [0.2, 0.25) is 0 Å². The number of rotatable bonds is 1. The Morgan fingerprint density at radius 1 is 1.61 bits per heavy atom. The third-order valence-electron chi connectivity index (χ3n) is 3.02. The van der Waals surface area contributed by atoms with Crippen LogP contribution in [0.5, 0.6) is 0 Å². The van der Waals surface area contributed by atoms with E-state index in [0.717, 1.165) is 11.4 Å². The molecule has 0 aliphatic carbocycles. The molecule has 0 aromatic carbocycles. The van der Waals surface area contributed by atoms with Crippen LogP contribution in [0.15, 0.2) is 6.33 Å². The van der Waals surface area contributed by atoms with E-state index in [1.807, 2.05) is 13.8 Å². The van der Waals surface area contributed by atoms with Crippen molar-refractivity contribution in [2.45, 2.75) is 26.3 Å². The maximum atomic E-state index is 11.8. The Hall–Kier alpha value is -2.05. The molecular formula is C11H16N4O3.